The van der Waals surface area contributed by atoms with Gasteiger partial charge in [0.25, 0.3) is 0 Å². The van der Waals surface area contributed by atoms with E-state index in [2.05, 4.69) is 10.3 Å². The summed E-state index contributed by atoms with van der Waals surface area (Å²) in [5, 5.41) is 8.02. The second kappa shape index (κ2) is 7.28. The minimum absolute atomic E-state index is 0.352. The molecular weight excluding hydrogens is 268 g/mol. The maximum Gasteiger partial charge on any atom is 0.156 e. The molecule has 0 spiro atoms. The van der Waals surface area contributed by atoms with Gasteiger partial charge in [-0.1, -0.05) is 34.6 Å². The normalized spacial score (nSPS) is 11.1. The van der Waals surface area contributed by atoms with Crippen LogP contribution in [0.1, 0.15) is 30.7 Å². The van der Waals surface area contributed by atoms with Crippen LogP contribution in [0.4, 0.5) is 0 Å². The summed E-state index contributed by atoms with van der Waals surface area (Å²) in [5.41, 5.74) is 3.33. The van der Waals surface area contributed by atoms with Crippen LogP contribution in [0.2, 0.25) is 0 Å². The first-order chi connectivity index (χ1) is 10.2. The van der Waals surface area contributed by atoms with Gasteiger partial charge in [-0.15, -0.1) is 0 Å². The Morgan fingerprint density at radius 2 is 1.90 bits per heavy atom. The average molecular weight is 286 g/mol. The molecule has 0 aliphatic heterocycles. The highest BCUT2D eigenvalue weighted by atomic mass is 16.6. The second-order valence-corrected chi connectivity index (χ2v) is 4.57. The molecule has 1 aromatic heterocycles. The molecule has 0 unspecified atom stereocenters. The van der Waals surface area contributed by atoms with E-state index in [0.29, 0.717) is 18.1 Å². The van der Waals surface area contributed by atoms with Crippen LogP contribution in [0, 0.1) is 0 Å². The van der Waals surface area contributed by atoms with Gasteiger partial charge in [0, 0.05) is 11.1 Å². The Balaban J connectivity index is 2.33. The van der Waals surface area contributed by atoms with Gasteiger partial charge >= 0.3 is 0 Å². The van der Waals surface area contributed by atoms with E-state index in [4.69, 9.17) is 14.1 Å². The van der Waals surface area contributed by atoms with Gasteiger partial charge in [0.1, 0.15) is 13.7 Å². The topological polar surface area (TPSA) is 56.3 Å². The lowest BCUT2D eigenvalue weighted by Gasteiger charge is -2.09. The Labute approximate surface area is 123 Å². The van der Waals surface area contributed by atoms with Gasteiger partial charge in [0.2, 0.25) is 0 Å². The molecule has 21 heavy (non-hydrogen) atoms. The van der Waals surface area contributed by atoms with Gasteiger partial charge in [-0.3, -0.25) is 0 Å². The van der Waals surface area contributed by atoms with Crippen molar-refractivity contribution in [1.29, 1.82) is 0 Å². The van der Waals surface area contributed by atoms with E-state index < -0.39 is 0 Å². The van der Waals surface area contributed by atoms with Crippen molar-refractivity contribution in [1.82, 2.24) is 0 Å². The third-order valence-corrected chi connectivity index (χ3v) is 2.68. The third-order valence-electron chi connectivity index (χ3n) is 2.68. The van der Waals surface area contributed by atoms with Crippen LogP contribution >= 0.6 is 0 Å². The highest BCUT2D eigenvalue weighted by Gasteiger charge is 2.15. The number of benzene rings is 1. The summed E-state index contributed by atoms with van der Waals surface area (Å²) in [6.45, 7) is 4.12. The Hall–Kier alpha value is -2.56. The fourth-order valence-electron chi connectivity index (χ4n) is 1.84. The zero-order chi connectivity index (χ0) is 15.1. The van der Waals surface area contributed by atoms with Crippen LogP contribution in [0.5, 0.6) is 0 Å². The van der Waals surface area contributed by atoms with Crippen molar-refractivity contribution in [2.75, 3.05) is 7.11 Å². The minimum atomic E-state index is 0.352. The third kappa shape index (κ3) is 3.95. The van der Waals surface area contributed by atoms with Crippen molar-refractivity contribution in [3.8, 4) is 0 Å². The molecule has 0 saturated carbocycles. The van der Waals surface area contributed by atoms with E-state index >= 15 is 0 Å². The smallest absolute Gasteiger partial charge is 0.156 e. The molecule has 110 valence electrons. The molecule has 5 heteroatoms. The summed E-state index contributed by atoms with van der Waals surface area (Å²) in [6.07, 6.45) is 1.60. The van der Waals surface area contributed by atoms with Crippen molar-refractivity contribution < 1.29 is 14.1 Å². The lowest BCUT2D eigenvalue weighted by Crippen LogP contribution is -2.07. The van der Waals surface area contributed by atoms with E-state index in [1.165, 1.54) is 7.11 Å². The highest BCUT2D eigenvalue weighted by Crippen LogP contribution is 2.17. The van der Waals surface area contributed by atoms with Crippen LogP contribution in [-0.2, 0) is 16.3 Å². The van der Waals surface area contributed by atoms with E-state index in [-0.39, 0.29) is 0 Å². The molecule has 0 atom stereocenters. The van der Waals surface area contributed by atoms with Crippen LogP contribution in [0.15, 0.2) is 57.4 Å². The number of rotatable bonds is 6. The fourth-order valence-corrected chi connectivity index (χ4v) is 1.84. The molecule has 1 aromatic carbocycles. The molecule has 0 aliphatic carbocycles. The molecule has 0 radical (unpaired) electrons. The van der Waals surface area contributed by atoms with E-state index in [1.54, 1.807) is 6.26 Å². The van der Waals surface area contributed by atoms with Crippen LogP contribution in [0.3, 0.4) is 0 Å². The van der Waals surface area contributed by atoms with Crippen molar-refractivity contribution in [2.24, 2.45) is 10.3 Å². The van der Waals surface area contributed by atoms with Gasteiger partial charge in [-0.05, 0) is 26.0 Å². The molecule has 2 aromatic rings. The van der Waals surface area contributed by atoms with Gasteiger partial charge in [-0.2, -0.15) is 0 Å². The highest BCUT2D eigenvalue weighted by molar-refractivity contribution is 6.11. The van der Waals surface area contributed by atoms with Crippen LogP contribution in [-0.4, -0.2) is 18.5 Å². The van der Waals surface area contributed by atoms with Crippen LogP contribution < -0.4 is 0 Å². The summed E-state index contributed by atoms with van der Waals surface area (Å²) < 4.78 is 5.42. The standard InChI is InChI=1S/C16H18N2O3/c1-12(2)17-21-11-13-7-4-5-8-14(13)16(18-19-3)15-9-6-10-20-15/h4-10H,11H2,1-3H3. The molecule has 0 N–H and O–H groups in total. The monoisotopic (exact) mass is 286 g/mol. The number of nitrogens with zero attached hydrogens (tertiary/aromatic N) is 2. The van der Waals surface area contributed by atoms with Crippen molar-refractivity contribution in [3.63, 3.8) is 0 Å². The maximum atomic E-state index is 5.42. The SMILES string of the molecule is CON=C(c1ccco1)c1ccccc1CON=C(C)C. The van der Waals surface area contributed by atoms with Gasteiger partial charge in [0.15, 0.2) is 11.5 Å². The molecule has 0 fully saturated rings. The molecule has 0 saturated heterocycles. The fraction of sp³-hybridized carbons (Fsp3) is 0.250. The van der Waals surface area contributed by atoms with Gasteiger partial charge in [-0.25, -0.2) is 0 Å². The first-order valence-corrected chi connectivity index (χ1v) is 6.59. The zero-order valence-electron chi connectivity index (χ0n) is 12.4. The lowest BCUT2D eigenvalue weighted by molar-refractivity contribution is 0.130. The summed E-state index contributed by atoms with van der Waals surface area (Å²) in [7, 11) is 1.51. The molecular formula is C16H18N2O3. The Morgan fingerprint density at radius 1 is 1.10 bits per heavy atom. The van der Waals surface area contributed by atoms with Crippen molar-refractivity contribution in [2.45, 2.75) is 20.5 Å². The zero-order valence-corrected chi connectivity index (χ0v) is 12.4. The number of oxime groups is 2. The number of hydrogen-bond acceptors (Lipinski definition) is 5. The number of hydrogen-bond donors (Lipinski definition) is 0. The van der Waals surface area contributed by atoms with E-state index in [0.717, 1.165) is 16.8 Å². The Kier molecular flexibility index (Phi) is 5.15. The summed E-state index contributed by atoms with van der Waals surface area (Å²) >= 11 is 0. The molecule has 0 aliphatic rings. The molecule has 5 nitrogen and oxygen atoms in total. The molecule has 2 rings (SSSR count). The van der Waals surface area contributed by atoms with Crippen molar-refractivity contribution in [3.05, 3.63) is 59.5 Å². The predicted molar refractivity (Wildman–Crippen MR) is 81.4 cm³/mol. The predicted octanol–water partition coefficient (Wildman–Crippen LogP) is 3.59. The first-order valence-electron chi connectivity index (χ1n) is 6.59. The van der Waals surface area contributed by atoms with E-state index in [9.17, 15) is 0 Å². The number of furan rings is 1. The summed E-state index contributed by atoms with van der Waals surface area (Å²) in [6, 6.07) is 11.4. The summed E-state index contributed by atoms with van der Waals surface area (Å²) in [5.74, 6) is 0.638. The first kappa shape index (κ1) is 14.8. The molecule has 1 heterocycles. The quantitative estimate of drug-likeness (QED) is 0.602. The molecule has 0 bridgehead atoms. The lowest BCUT2D eigenvalue weighted by atomic mass is 10.0. The Bertz CT molecular complexity index is 627. The van der Waals surface area contributed by atoms with E-state index in [1.807, 2.05) is 50.2 Å². The minimum Gasteiger partial charge on any atom is -0.463 e. The summed E-state index contributed by atoms with van der Waals surface area (Å²) in [4.78, 5) is 10.3. The molecule has 0 amide bonds. The Morgan fingerprint density at radius 3 is 2.57 bits per heavy atom. The van der Waals surface area contributed by atoms with Crippen LogP contribution in [0.25, 0.3) is 0 Å². The van der Waals surface area contributed by atoms with Gasteiger partial charge in [0.05, 0.1) is 12.0 Å². The maximum absolute atomic E-state index is 5.42. The second-order valence-electron chi connectivity index (χ2n) is 4.57. The van der Waals surface area contributed by atoms with Gasteiger partial charge < -0.3 is 14.1 Å². The average Bonchev–Trinajstić information content (AvgIpc) is 2.99. The van der Waals surface area contributed by atoms with Crippen molar-refractivity contribution >= 4 is 11.4 Å². The largest absolute Gasteiger partial charge is 0.463 e.